The van der Waals surface area contributed by atoms with Gasteiger partial charge in [0.15, 0.2) is 6.10 Å². The molecule has 6 nitrogen and oxygen atoms in total. The van der Waals surface area contributed by atoms with Crippen molar-refractivity contribution in [2.45, 2.75) is 304 Å². The Balaban J connectivity index is 4.18. The van der Waals surface area contributed by atoms with Gasteiger partial charge in [0.05, 0.1) is 0 Å². The van der Waals surface area contributed by atoms with E-state index in [0.29, 0.717) is 19.3 Å². The van der Waals surface area contributed by atoms with Crippen LogP contribution >= 0.6 is 0 Å². The van der Waals surface area contributed by atoms with Gasteiger partial charge in [-0.1, -0.05) is 259 Å². The summed E-state index contributed by atoms with van der Waals surface area (Å²) in [5, 5.41) is 0. The Morgan fingerprint density at radius 2 is 0.633 bits per heavy atom. The molecule has 0 amide bonds. The van der Waals surface area contributed by atoms with E-state index in [1.807, 2.05) is 0 Å². The van der Waals surface area contributed by atoms with E-state index in [4.69, 9.17) is 14.2 Å². The zero-order chi connectivity index (χ0) is 44.0. The molecule has 0 radical (unpaired) electrons. The Morgan fingerprint density at radius 1 is 0.350 bits per heavy atom. The molecule has 60 heavy (non-hydrogen) atoms. The minimum absolute atomic E-state index is 0.0637. The van der Waals surface area contributed by atoms with Gasteiger partial charge in [0.2, 0.25) is 0 Å². The maximum atomic E-state index is 12.8. The predicted octanol–water partition coefficient (Wildman–Crippen LogP) is 17.3. The summed E-state index contributed by atoms with van der Waals surface area (Å²) in [6.45, 7) is 11.4. The summed E-state index contributed by atoms with van der Waals surface area (Å²) < 4.78 is 16.8. The van der Waals surface area contributed by atoms with Gasteiger partial charge >= 0.3 is 17.9 Å². The summed E-state index contributed by atoms with van der Waals surface area (Å²) in [7, 11) is 0. The fraction of sp³-hybridized carbons (Fsp3) is 0.944. The van der Waals surface area contributed by atoms with E-state index in [-0.39, 0.29) is 31.1 Å². The molecule has 356 valence electrons. The average molecular weight is 849 g/mol. The molecule has 0 aromatic heterocycles. The van der Waals surface area contributed by atoms with Crippen LogP contribution in [0.5, 0.6) is 0 Å². The minimum atomic E-state index is -0.760. The molecule has 0 aliphatic carbocycles. The van der Waals surface area contributed by atoms with Crippen LogP contribution in [0.2, 0.25) is 0 Å². The van der Waals surface area contributed by atoms with Gasteiger partial charge in [0.25, 0.3) is 0 Å². The van der Waals surface area contributed by atoms with Crippen LogP contribution in [-0.2, 0) is 28.6 Å². The van der Waals surface area contributed by atoms with Crippen molar-refractivity contribution in [1.29, 1.82) is 0 Å². The van der Waals surface area contributed by atoms with Crippen LogP contribution in [0.1, 0.15) is 298 Å². The second-order valence-electron chi connectivity index (χ2n) is 19.2. The highest BCUT2D eigenvalue weighted by molar-refractivity contribution is 5.71. The van der Waals surface area contributed by atoms with Crippen molar-refractivity contribution < 1.29 is 28.6 Å². The molecule has 1 unspecified atom stereocenters. The van der Waals surface area contributed by atoms with E-state index >= 15 is 0 Å². The molecule has 0 bridgehead atoms. The van der Waals surface area contributed by atoms with Crippen molar-refractivity contribution in [3.63, 3.8) is 0 Å². The SMILES string of the molecule is CCCCCCCCCC(=O)OC[C@H](COC(=O)CCCCCCCCCCCCCCCCC(C)C)OC(=O)CCCCCCCCCCCCCCCCC(C)CC. The van der Waals surface area contributed by atoms with Gasteiger partial charge in [-0.3, -0.25) is 14.4 Å². The number of carbonyl (C=O) groups excluding carboxylic acids is 3. The first kappa shape index (κ1) is 58.4. The van der Waals surface area contributed by atoms with E-state index < -0.39 is 6.10 Å². The summed E-state index contributed by atoms with van der Waals surface area (Å²) in [6.07, 6.45) is 48.1. The van der Waals surface area contributed by atoms with E-state index in [1.54, 1.807) is 0 Å². The van der Waals surface area contributed by atoms with Gasteiger partial charge in [-0.25, -0.2) is 0 Å². The standard InChI is InChI=1S/C54H104O6/c1-6-8-9-10-27-34-39-44-52(55)58-47-51(48-59-53(56)45-40-35-30-25-21-17-13-11-15-19-23-28-32-37-42-49(3)4)60-54(57)46-41-36-31-26-22-18-14-12-16-20-24-29-33-38-43-50(5)7-2/h49-51H,6-48H2,1-5H3/t50?,51-/m1/s1. The number of hydrogen-bond acceptors (Lipinski definition) is 6. The quantitative estimate of drug-likeness (QED) is 0.0345. The lowest BCUT2D eigenvalue weighted by atomic mass is 9.99. The Hall–Kier alpha value is -1.59. The van der Waals surface area contributed by atoms with E-state index in [1.165, 1.54) is 186 Å². The molecule has 0 N–H and O–H groups in total. The van der Waals surface area contributed by atoms with Gasteiger partial charge < -0.3 is 14.2 Å². The maximum Gasteiger partial charge on any atom is 0.306 e. The Morgan fingerprint density at radius 3 is 0.950 bits per heavy atom. The fourth-order valence-electron chi connectivity index (χ4n) is 8.13. The molecule has 6 heteroatoms. The molecular weight excluding hydrogens is 745 g/mol. The Bertz CT molecular complexity index is 918. The third kappa shape index (κ3) is 45.9. The van der Waals surface area contributed by atoms with Crippen LogP contribution in [-0.4, -0.2) is 37.2 Å². The van der Waals surface area contributed by atoms with Crippen LogP contribution in [0.4, 0.5) is 0 Å². The third-order valence-electron chi connectivity index (χ3n) is 12.6. The van der Waals surface area contributed by atoms with Gasteiger partial charge in [0.1, 0.15) is 13.2 Å². The number of rotatable bonds is 48. The van der Waals surface area contributed by atoms with Crippen LogP contribution in [0.25, 0.3) is 0 Å². The molecule has 2 atom stereocenters. The van der Waals surface area contributed by atoms with Crippen LogP contribution < -0.4 is 0 Å². The minimum Gasteiger partial charge on any atom is -0.462 e. The van der Waals surface area contributed by atoms with Gasteiger partial charge in [-0.15, -0.1) is 0 Å². The molecule has 0 saturated heterocycles. The zero-order valence-electron chi connectivity index (χ0n) is 41.1. The van der Waals surface area contributed by atoms with E-state index in [0.717, 1.165) is 69.6 Å². The molecule has 0 aliphatic rings. The Kier molecular flexibility index (Phi) is 45.7. The second kappa shape index (κ2) is 46.9. The summed E-state index contributed by atoms with van der Waals surface area (Å²) >= 11 is 0. The lowest BCUT2D eigenvalue weighted by Gasteiger charge is -2.18. The maximum absolute atomic E-state index is 12.8. The summed E-state index contributed by atoms with van der Waals surface area (Å²) in [4.78, 5) is 37.8. The van der Waals surface area contributed by atoms with Crippen molar-refractivity contribution in [2.24, 2.45) is 11.8 Å². The average Bonchev–Trinajstić information content (AvgIpc) is 3.23. The number of ether oxygens (including phenoxy) is 3. The summed E-state index contributed by atoms with van der Waals surface area (Å²) in [6, 6.07) is 0. The van der Waals surface area contributed by atoms with Gasteiger partial charge in [-0.05, 0) is 31.1 Å². The van der Waals surface area contributed by atoms with Crippen LogP contribution in [0.3, 0.4) is 0 Å². The predicted molar refractivity (Wildman–Crippen MR) is 256 cm³/mol. The molecule has 0 aliphatic heterocycles. The largest absolute Gasteiger partial charge is 0.462 e. The molecular formula is C54H104O6. The van der Waals surface area contributed by atoms with E-state index in [2.05, 4.69) is 34.6 Å². The lowest BCUT2D eigenvalue weighted by molar-refractivity contribution is -0.167. The number of carbonyl (C=O) groups is 3. The number of esters is 3. The topological polar surface area (TPSA) is 78.9 Å². The smallest absolute Gasteiger partial charge is 0.306 e. The first-order valence-corrected chi connectivity index (χ1v) is 26.8. The highest BCUT2D eigenvalue weighted by Gasteiger charge is 2.19. The molecule has 0 aromatic carbocycles. The number of unbranched alkanes of at least 4 members (excludes halogenated alkanes) is 32. The number of hydrogen-bond donors (Lipinski definition) is 0. The molecule has 0 heterocycles. The molecule has 0 fully saturated rings. The molecule has 0 aromatic rings. The fourth-order valence-corrected chi connectivity index (χ4v) is 8.13. The Labute approximate surface area is 374 Å². The highest BCUT2D eigenvalue weighted by atomic mass is 16.6. The first-order valence-electron chi connectivity index (χ1n) is 26.8. The van der Waals surface area contributed by atoms with Gasteiger partial charge in [0, 0.05) is 19.3 Å². The molecule has 0 spiro atoms. The zero-order valence-corrected chi connectivity index (χ0v) is 41.1. The third-order valence-corrected chi connectivity index (χ3v) is 12.6. The summed E-state index contributed by atoms with van der Waals surface area (Å²) in [5.74, 6) is 0.887. The first-order chi connectivity index (χ1) is 29.3. The monoisotopic (exact) mass is 849 g/mol. The van der Waals surface area contributed by atoms with Crippen molar-refractivity contribution in [3.8, 4) is 0 Å². The summed E-state index contributed by atoms with van der Waals surface area (Å²) in [5.41, 5.74) is 0. The molecule has 0 rings (SSSR count). The lowest BCUT2D eigenvalue weighted by Crippen LogP contribution is -2.30. The van der Waals surface area contributed by atoms with E-state index in [9.17, 15) is 14.4 Å². The van der Waals surface area contributed by atoms with Crippen molar-refractivity contribution in [2.75, 3.05) is 13.2 Å². The molecule has 0 saturated carbocycles. The van der Waals surface area contributed by atoms with Crippen molar-refractivity contribution in [1.82, 2.24) is 0 Å². The highest BCUT2D eigenvalue weighted by Crippen LogP contribution is 2.18. The van der Waals surface area contributed by atoms with Crippen molar-refractivity contribution in [3.05, 3.63) is 0 Å². The normalized spacial score (nSPS) is 12.5. The van der Waals surface area contributed by atoms with Gasteiger partial charge in [-0.2, -0.15) is 0 Å². The van der Waals surface area contributed by atoms with Crippen LogP contribution in [0.15, 0.2) is 0 Å². The van der Waals surface area contributed by atoms with Crippen LogP contribution in [0, 0.1) is 11.8 Å². The van der Waals surface area contributed by atoms with Crippen molar-refractivity contribution >= 4 is 17.9 Å². The second-order valence-corrected chi connectivity index (χ2v) is 19.2.